The van der Waals surface area contributed by atoms with Crippen LogP contribution in [0.2, 0.25) is 5.02 Å². The van der Waals surface area contributed by atoms with Crippen LogP contribution in [0.3, 0.4) is 0 Å². The van der Waals surface area contributed by atoms with Crippen molar-refractivity contribution in [2.75, 3.05) is 6.61 Å². The molecule has 3 aromatic carbocycles. The molecule has 0 aliphatic carbocycles. The summed E-state index contributed by atoms with van der Waals surface area (Å²) in [6, 6.07) is 23.1. The average Bonchev–Trinajstić information content (AvgIpc) is 3.12. The molecule has 0 unspecified atom stereocenters. The van der Waals surface area contributed by atoms with Crippen LogP contribution in [0.1, 0.15) is 18.1 Å². The number of hydrogen-bond donors (Lipinski definition) is 0. The summed E-state index contributed by atoms with van der Waals surface area (Å²) in [5, 5.41) is 10.6. The molecule has 0 bridgehead atoms. The van der Waals surface area contributed by atoms with Crippen molar-refractivity contribution >= 4 is 28.6 Å². The molecule has 148 valence electrons. The summed E-state index contributed by atoms with van der Waals surface area (Å²) in [4.78, 5) is 12.8. The van der Waals surface area contributed by atoms with Crippen LogP contribution in [0, 0.1) is 18.3 Å². The normalized spacial score (nSPS) is 10.7. The molecule has 4 aromatic rings. The van der Waals surface area contributed by atoms with E-state index in [1.165, 1.54) is 0 Å². The lowest BCUT2D eigenvalue weighted by Crippen LogP contribution is -2.14. The molecule has 0 aliphatic heterocycles. The molecular formula is C25H19ClN2O2. The van der Waals surface area contributed by atoms with Gasteiger partial charge in [0.1, 0.15) is 0 Å². The van der Waals surface area contributed by atoms with Gasteiger partial charge in [-0.2, -0.15) is 5.26 Å². The minimum atomic E-state index is -0.440. The van der Waals surface area contributed by atoms with Crippen molar-refractivity contribution in [2.45, 2.75) is 13.8 Å². The Labute approximate surface area is 179 Å². The number of halogens is 1. The van der Waals surface area contributed by atoms with E-state index in [1.807, 2.05) is 67.6 Å². The van der Waals surface area contributed by atoms with E-state index in [0.29, 0.717) is 16.3 Å². The number of carbonyl (C=O) groups is 1. The van der Waals surface area contributed by atoms with Crippen LogP contribution in [-0.4, -0.2) is 17.3 Å². The highest BCUT2D eigenvalue weighted by Gasteiger charge is 2.19. The zero-order chi connectivity index (χ0) is 21.3. The standard InChI is InChI=1S/C25H19ClN2O2/c1-3-30-25(29)28-23-11-9-18(20-10-8-17(15-27)12-16(20)2)13-19(23)14-24(28)21-6-4-5-7-22(21)26/h4-14H,3H2,1-2H3. The molecule has 0 saturated heterocycles. The number of aromatic nitrogens is 1. The first kappa shape index (κ1) is 19.8. The molecule has 4 nitrogen and oxygen atoms in total. The summed E-state index contributed by atoms with van der Waals surface area (Å²) in [5.41, 5.74) is 5.90. The van der Waals surface area contributed by atoms with Crippen molar-refractivity contribution in [3.05, 3.63) is 82.9 Å². The van der Waals surface area contributed by atoms with Gasteiger partial charge in [-0.15, -0.1) is 0 Å². The zero-order valence-corrected chi connectivity index (χ0v) is 17.4. The molecule has 4 rings (SSSR count). The molecule has 1 heterocycles. The second-order valence-electron chi connectivity index (χ2n) is 6.96. The van der Waals surface area contributed by atoms with Crippen molar-refractivity contribution in [1.29, 1.82) is 5.26 Å². The lowest BCUT2D eigenvalue weighted by molar-refractivity contribution is 0.155. The molecule has 0 amide bonds. The van der Waals surface area contributed by atoms with Crippen molar-refractivity contribution in [1.82, 2.24) is 4.57 Å². The highest BCUT2D eigenvalue weighted by atomic mass is 35.5. The predicted octanol–water partition coefficient (Wildman–Crippen LogP) is 6.81. The summed E-state index contributed by atoms with van der Waals surface area (Å²) in [7, 11) is 0. The number of rotatable bonds is 3. The number of fused-ring (bicyclic) bond motifs is 1. The maximum absolute atomic E-state index is 12.8. The van der Waals surface area contributed by atoms with E-state index in [1.54, 1.807) is 17.6 Å². The first-order valence-corrected chi connectivity index (χ1v) is 10.00. The van der Waals surface area contributed by atoms with Crippen molar-refractivity contribution in [3.63, 3.8) is 0 Å². The Hall–Kier alpha value is -3.55. The van der Waals surface area contributed by atoms with Crippen molar-refractivity contribution in [2.24, 2.45) is 0 Å². The van der Waals surface area contributed by atoms with Gasteiger partial charge in [0.25, 0.3) is 0 Å². The number of nitrogens with zero attached hydrogens (tertiary/aromatic N) is 2. The van der Waals surface area contributed by atoms with Gasteiger partial charge in [-0.3, -0.25) is 0 Å². The van der Waals surface area contributed by atoms with E-state index in [2.05, 4.69) is 6.07 Å². The number of carbonyl (C=O) groups excluding carboxylic acids is 1. The van der Waals surface area contributed by atoms with Crippen LogP contribution in [0.4, 0.5) is 4.79 Å². The van der Waals surface area contributed by atoms with Crippen LogP contribution in [0.5, 0.6) is 0 Å². The van der Waals surface area contributed by atoms with Gasteiger partial charge in [-0.25, -0.2) is 9.36 Å². The molecule has 0 N–H and O–H groups in total. The van der Waals surface area contributed by atoms with Crippen molar-refractivity contribution < 1.29 is 9.53 Å². The Morgan fingerprint density at radius 3 is 2.57 bits per heavy atom. The van der Waals surface area contributed by atoms with Gasteiger partial charge in [-0.05, 0) is 66.9 Å². The first-order chi connectivity index (χ1) is 14.5. The average molecular weight is 415 g/mol. The number of benzene rings is 3. The summed E-state index contributed by atoms with van der Waals surface area (Å²) < 4.78 is 6.87. The second kappa shape index (κ2) is 8.06. The van der Waals surface area contributed by atoms with E-state index in [-0.39, 0.29) is 6.61 Å². The second-order valence-corrected chi connectivity index (χ2v) is 7.37. The number of nitriles is 1. The van der Waals surface area contributed by atoms with E-state index >= 15 is 0 Å². The summed E-state index contributed by atoms with van der Waals surface area (Å²) in [6.07, 6.45) is -0.440. The van der Waals surface area contributed by atoms with E-state index in [0.717, 1.165) is 33.2 Å². The smallest absolute Gasteiger partial charge is 0.418 e. The lowest BCUT2D eigenvalue weighted by atomic mass is 9.98. The van der Waals surface area contributed by atoms with Gasteiger partial charge in [0.15, 0.2) is 0 Å². The Morgan fingerprint density at radius 2 is 1.87 bits per heavy atom. The molecule has 0 aliphatic rings. The summed E-state index contributed by atoms with van der Waals surface area (Å²) in [5.74, 6) is 0. The minimum Gasteiger partial charge on any atom is -0.449 e. The van der Waals surface area contributed by atoms with Gasteiger partial charge >= 0.3 is 6.09 Å². The van der Waals surface area contributed by atoms with Gasteiger partial charge in [0.05, 0.1) is 29.5 Å². The van der Waals surface area contributed by atoms with Crippen LogP contribution in [0.25, 0.3) is 33.3 Å². The fourth-order valence-electron chi connectivity index (χ4n) is 3.69. The Balaban J connectivity index is 1.93. The number of hydrogen-bond acceptors (Lipinski definition) is 3. The van der Waals surface area contributed by atoms with Crippen LogP contribution < -0.4 is 0 Å². The predicted molar refractivity (Wildman–Crippen MR) is 120 cm³/mol. The van der Waals surface area contributed by atoms with E-state index in [4.69, 9.17) is 21.6 Å². The van der Waals surface area contributed by atoms with E-state index in [9.17, 15) is 4.79 Å². The maximum Gasteiger partial charge on any atom is 0.418 e. The highest BCUT2D eigenvalue weighted by molar-refractivity contribution is 6.33. The SMILES string of the molecule is CCOC(=O)n1c(-c2ccccc2Cl)cc2cc(-c3ccc(C#N)cc3C)ccc21. The molecule has 1 aromatic heterocycles. The third-order valence-electron chi connectivity index (χ3n) is 5.07. The van der Waals surface area contributed by atoms with Crippen LogP contribution >= 0.6 is 11.6 Å². The van der Waals surface area contributed by atoms with Crippen LogP contribution in [0.15, 0.2) is 66.7 Å². The lowest BCUT2D eigenvalue weighted by Gasteiger charge is -2.11. The third-order valence-corrected chi connectivity index (χ3v) is 5.40. The summed E-state index contributed by atoms with van der Waals surface area (Å²) in [6.45, 7) is 4.05. The molecule has 0 fully saturated rings. The Morgan fingerprint density at radius 1 is 1.07 bits per heavy atom. The maximum atomic E-state index is 12.8. The Bertz CT molecular complexity index is 1310. The van der Waals surface area contributed by atoms with Gasteiger partial charge in [0.2, 0.25) is 0 Å². The monoisotopic (exact) mass is 414 g/mol. The first-order valence-electron chi connectivity index (χ1n) is 9.62. The topological polar surface area (TPSA) is 55.0 Å². The molecule has 30 heavy (non-hydrogen) atoms. The highest BCUT2D eigenvalue weighted by Crippen LogP contribution is 2.35. The molecule has 0 spiro atoms. The number of aryl methyl sites for hydroxylation is 1. The van der Waals surface area contributed by atoms with Gasteiger partial charge < -0.3 is 4.74 Å². The Kier molecular flexibility index (Phi) is 5.31. The largest absolute Gasteiger partial charge is 0.449 e. The fraction of sp³-hybridized carbons (Fsp3) is 0.120. The molecule has 5 heteroatoms. The zero-order valence-electron chi connectivity index (χ0n) is 16.6. The van der Waals surface area contributed by atoms with E-state index < -0.39 is 6.09 Å². The van der Waals surface area contributed by atoms with Gasteiger partial charge in [-0.1, -0.05) is 41.9 Å². The summed E-state index contributed by atoms with van der Waals surface area (Å²) >= 11 is 6.42. The van der Waals surface area contributed by atoms with Crippen molar-refractivity contribution in [3.8, 4) is 28.5 Å². The molecule has 0 radical (unpaired) electrons. The molecule has 0 saturated carbocycles. The fourth-order valence-corrected chi connectivity index (χ4v) is 3.92. The van der Waals surface area contributed by atoms with Crippen LogP contribution in [-0.2, 0) is 4.74 Å². The molecule has 0 atom stereocenters. The minimum absolute atomic E-state index is 0.281. The quantitative estimate of drug-likeness (QED) is 0.370. The van der Waals surface area contributed by atoms with Gasteiger partial charge in [0, 0.05) is 16.0 Å². The third kappa shape index (κ3) is 3.45. The molecular weight excluding hydrogens is 396 g/mol. The number of ether oxygens (including phenoxy) is 1.